The third kappa shape index (κ3) is 7.20. The van der Waals surface area contributed by atoms with Gasteiger partial charge < -0.3 is 25.2 Å². The molecule has 2 saturated heterocycles. The van der Waals surface area contributed by atoms with Crippen molar-refractivity contribution in [3.8, 4) is 5.88 Å². The molecule has 0 saturated carbocycles. The summed E-state index contributed by atoms with van der Waals surface area (Å²) in [4.78, 5) is 30.2. The molecule has 4 aromatic rings. The number of halogens is 1. The summed E-state index contributed by atoms with van der Waals surface area (Å²) >= 11 is 3.53. The molecule has 250 valence electrons. The molecular weight excluding hydrogens is 686 g/mol. The first-order valence-corrected chi connectivity index (χ1v) is 18.1. The summed E-state index contributed by atoms with van der Waals surface area (Å²) in [5.74, 6) is 2.08. The van der Waals surface area contributed by atoms with Crippen molar-refractivity contribution in [2.45, 2.75) is 25.8 Å². The fourth-order valence-electron chi connectivity index (χ4n) is 6.15. The molecule has 0 aliphatic carbocycles. The predicted molar refractivity (Wildman–Crippen MR) is 189 cm³/mol. The number of likely N-dealkylation sites (N-methyl/N-ethyl adjacent to an activating group) is 1. The van der Waals surface area contributed by atoms with E-state index >= 15 is 0 Å². The molecule has 3 aromatic heterocycles. The van der Waals surface area contributed by atoms with Gasteiger partial charge in [0.25, 0.3) is 0 Å². The van der Waals surface area contributed by atoms with Crippen LogP contribution in [0.2, 0.25) is 0 Å². The Bertz CT molecular complexity index is 1860. The molecule has 0 spiro atoms. The van der Waals surface area contributed by atoms with Crippen molar-refractivity contribution in [2.75, 3.05) is 86.6 Å². The van der Waals surface area contributed by atoms with Crippen LogP contribution in [0.3, 0.4) is 0 Å². The molecule has 47 heavy (non-hydrogen) atoms. The fourth-order valence-corrected chi connectivity index (χ4v) is 6.96. The van der Waals surface area contributed by atoms with Crippen LogP contribution in [0.25, 0.3) is 11.0 Å². The van der Waals surface area contributed by atoms with Crippen molar-refractivity contribution in [1.82, 2.24) is 34.7 Å². The summed E-state index contributed by atoms with van der Waals surface area (Å²) < 4.78 is 32.7. The number of aryl methyl sites for hydroxylation is 1. The summed E-state index contributed by atoms with van der Waals surface area (Å²) in [6.07, 6.45) is 8.07. The maximum absolute atomic E-state index is 12.6. The van der Waals surface area contributed by atoms with E-state index in [0.717, 1.165) is 69.7 Å². The van der Waals surface area contributed by atoms with Crippen LogP contribution in [-0.2, 0) is 10.0 Å². The van der Waals surface area contributed by atoms with Gasteiger partial charge in [0.05, 0.1) is 29.0 Å². The number of ether oxygens (including phenoxy) is 1. The molecule has 2 fully saturated rings. The maximum atomic E-state index is 12.6. The molecule has 6 rings (SSSR count). The van der Waals surface area contributed by atoms with Crippen molar-refractivity contribution in [2.24, 2.45) is 0 Å². The van der Waals surface area contributed by atoms with Gasteiger partial charge in [0.2, 0.25) is 21.9 Å². The first-order chi connectivity index (χ1) is 22.5. The van der Waals surface area contributed by atoms with Gasteiger partial charge in [0.15, 0.2) is 0 Å². The first-order valence-electron chi connectivity index (χ1n) is 15.5. The van der Waals surface area contributed by atoms with Crippen LogP contribution in [0.15, 0.2) is 41.3 Å². The van der Waals surface area contributed by atoms with Crippen LogP contribution in [0.4, 0.5) is 34.6 Å². The number of rotatable bonds is 9. The molecule has 5 heterocycles. The monoisotopic (exact) mass is 725 g/mol. The number of methoxy groups -OCH3 is 1. The molecule has 1 aromatic carbocycles. The highest BCUT2D eigenvalue weighted by atomic mass is 79.9. The standard InChI is InChI=1S/C31H40BrN11O3S/c1-20-18-25(30(46-4)39-29(20)43-12-8-21(9-13-43)42-16-14-40(2)15-17-42)37-31-35-19-22(32)28(38-31)36-24-7-6-23-26(34-11-10-33-23)27(24)41(3)47(5,44)45/h6-7,10-11,18-19,21H,8-9,12-17H2,1-5H3,(H2,35,36,37,38). The average molecular weight is 727 g/mol. The number of piperazine rings is 1. The van der Waals surface area contributed by atoms with Gasteiger partial charge in [-0.25, -0.2) is 13.4 Å². The quantitative estimate of drug-likeness (QED) is 0.257. The van der Waals surface area contributed by atoms with Crippen LogP contribution in [0, 0.1) is 6.92 Å². The predicted octanol–water partition coefficient (Wildman–Crippen LogP) is 3.99. The SMILES string of the molecule is COc1nc(N2CCC(N3CCN(C)CC3)CC2)c(C)cc1Nc1ncc(Br)c(Nc2ccc3nccnc3c2N(C)S(C)(=O)=O)n1. The number of piperidine rings is 1. The number of nitrogens with one attached hydrogen (secondary N) is 2. The number of fused-ring (bicyclic) bond motifs is 1. The highest BCUT2D eigenvalue weighted by molar-refractivity contribution is 9.10. The van der Waals surface area contributed by atoms with Crippen LogP contribution in [0.5, 0.6) is 5.88 Å². The third-order valence-corrected chi connectivity index (χ3v) is 10.6. The van der Waals surface area contributed by atoms with E-state index < -0.39 is 10.0 Å². The molecule has 0 amide bonds. The third-order valence-electron chi connectivity index (χ3n) is 8.83. The Morgan fingerprint density at radius 3 is 2.40 bits per heavy atom. The second-order valence-electron chi connectivity index (χ2n) is 12.0. The fraction of sp³-hybridized carbons (Fsp3) is 0.452. The van der Waals surface area contributed by atoms with Crippen LogP contribution >= 0.6 is 15.9 Å². The van der Waals surface area contributed by atoms with Crippen LogP contribution in [-0.4, -0.2) is 116 Å². The first kappa shape index (κ1) is 33.1. The van der Waals surface area contributed by atoms with E-state index in [2.05, 4.69) is 70.2 Å². The van der Waals surface area contributed by atoms with E-state index in [4.69, 9.17) is 14.7 Å². The number of hydrogen-bond acceptors (Lipinski definition) is 13. The zero-order chi connectivity index (χ0) is 33.3. The Hall–Kier alpha value is -3.86. The van der Waals surface area contributed by atoms with E-state index in [1.807, 2.05) is 6.07 Å². The maximum Gasteiger partial charge on any atom is 0.239 e. The Morgan fingerprint density at radius 2 is 1.70 bits per heavy atom. The lowest BCUT2D eigenvalue weighted by atomic mass is 10.0. The van der Waals surface area contributed by atoms with Crippen LogP contribution < -0.4 is 24.6 Å². The van der Waals surface area contributed by atoms with Crippen molar-refractivity contribution < 1.29 is 13.2 Å². The van der Waals surface area contributed by atoms with Crippen molar-refractivity contribution in [3.63, 3.8) is 0 Å². The summed E-state index contributed by atoms with van der Waals surface area (Å²) in [6.45, 7) is 8.48. The van der Waals surface area contributed by atoms with Crippen molar-refractivity contribution in [3.05, 3.63) is 46.8 Å². The van der Waals surface area contributed by atoms with E-state index in [9.17, 15) is 8.42 Å². The van der Waals surface area contributed by atoms with E-state index in [1.165, 1.54) is 17.5 Å². The van der Waals surface area contributed by atoms with Gasteiger partial charge in [-0.05, 0) is 66.5 Å². The molecule has 16 heteroatoms. The van der Waals surface area contributed by atoms with Gasteiger partial charge in [-0.15, -0.1) is 0 Å². The Morgan fingerprint density at radius 1 is 0.979 bits per heavy atom. The highest BCUT2D eigenvalue weighted by Gasteiger charge is 2.28. The van der Waals surface area contributed by atoms with Crippen LogP contribution in [0.1, 0.15) is 18.4 Å². The van der Waals surface area contributed by atoms with E-state index in [-0.39, 0.29) is 0 Å². The highest BCUT2D eigenvalue weighted by Crippen LogP contribution is 2.37. The lowest BCUT2D eigenvalue weighted by Crippen LogP contribution is -2.52. The molecule has 0 unspecified atom stereocenters. The Kier molecular flexibility index (Phi) is 9.64. The Balaban J connectivity index is 1.22. The Labute approximate surface area is 283 Å². The zero-order valence-corrected chi connectivity index (χ0v) is 29.6. The molecule has 2 N–H and O–H groups in total. The molecule has 0 bridgehead atoms. The zero-order valence-electron chi connectivity index (χ0n) is 27.2. The summed E-state index contributed by atoms with van der Waals surface area (Å²) in [5, 5.41) is 6.53. The number of anilines is 6. The average Bonchev–Trinajstić information content (AvgIpc) is 3.06. The summed E-state index contributed by atoms with van der Waals surface area (Å²) in [7, 11) is 1.66. The summed E-state index contributed by atoms with van der Waals surface area (Å²) in [6, 6.07) is 6.14. The van der Waals surface area contributed by atoms with Gasteiger partial charge in [-0.3, -0.25) is 19.2 Å². The number of pyridine rings is 1. The molecular formula is C31H40BrN11O3S. The van der Waals surface area contributed by atoms with Gasteiger partial charge >= 0.3 is 0 Å². The normalized spacial score (nSPS) is 16.8. The van der Waals surface area contributed by atoms with Gasteiger partial charge in [0.1, 0.15) is 28.5 Å². The largest absolute Gasteiger partial charge is 0.479 e. The molecule has 0 radical (unpaired) electrons. The smallest absolute Gasteiger partial charge is 0.239 e. The van der Waals surface area contributed by atoms with E-state index in [0.29, 0.717) is 56.3 Å². The lowest BCUT2D eigenvalue weighted by molar-refractivity contribution is 0.0981. The van der Waals surface area contributed by atoms with Crippen molar-refractivity contribution >= 4 is 71.6 Å². The number of aromatic nitrogens is 5. The minimum absolute atomic E-state index is 0.300. The topological polar surface area (TPSA) is 145 Å². The number of hydrogen-bond donors (Lipinski definition) is 2. The summed E-state index contributed by atoms with van der Waals surface area (Å²) in [5.41, 5.74) is 3.48. The van der Waals surface area contributed by atoms with Gasteiger partial charge in [-0.1, -0.05) is 0 Å². The van der Waals surface area contributed by atoms with Gasteiger partial charge in [0, 0.05) is 70.9 Å². The molecule has 0 atom stereocenters. The minimum Gasteiger partial charge on any atom is -0.479 e. The minimum atomic E-state index is -3.61. The lowest BCUT2D eigenvalue weighted by Gasteiger charge is -2.42. The number of sulfonamides is 1. The van der Waals surface area contributed by atoms with E-state index in [1.54, 1.807) is 31.6 Å². The number of nitrogens with zero attached hydrogens (tertiary/aromatic N) is 9. The molecule has 2 aliphatic rings. The number of benzene rings is 1. The second-order valence-corrected chi connectivity index (χ2v) is 14.9. The molecule has 2 aliphatic heterocycles. The second kappa shape index (κ2) is 13.7. The molecule has 14 nitrogen and oxygen atoms in total. The van der Waals surface area contributed by atoms with Gasteiger partial charge in [-0.2, -0.15) is 9.97 Å². The van der Waals surface area contributed by atoms with Crippen molar-refractivity contribution in [1.29, 1.82) is 0 Å².